The molecule has 1 N–H and O–H groups in total. The summed E-state index contributed by atoms with van der Waals surface area (Å²) in [7, 11) is 1.67. The molecule has 0 spiro atoms. The number of hydrogen-bond acceptors (Lipinski definition) is 8. The van der Waals surface area contributed by atoms with Gasteiger partial charge in [-0.2, -0.15) is 15.0 Å². The summed E-state index contributed by atoms with van der Waals surface area (Å²) in [6.45, 7) is 4.84. The smallest absolute Gasteiger partial charge is 0.233 e. The SMILES string of the molecule is COc1ccc(Nc2nc(N3CCOCC3)nc(N3CCC(Cc4ccccc4)CC3)n2)cc1. The zero-order chi connectivity index (χ0) is 23.2. The second-order valence-electron chi connectivity index (χ2n) is 8.83. The lowest BCUT2D eigenvalue weighted by Gasteiger charge is -2.33. The molecule has 8 heteroatoms. The van der Waals surface area contributed by atoms with Crippen molar-refractivity contribution in [2.45, 2.75) is 19.3 Å². The van der Waals surface area contributed by atoms with Crippen molar-refractivity contribution in [1.82, 2.24) is 15.0 Å². The summed E-state index contributed by atoms with van der Waals surface area (Å²) in [5.74, 6) is 3.51. The maximum absolute atomic E-state index is 5.53. The molecule has 2 aliphatic heterocycles. The van der Waals surface area contributed by atoms with Crippen LogP contribution in [0.2, 0.25) is 0 Å². The molecule has 0 amide bonds. The molecule has 178 valence electrons. The highest BCUT2D eigenvalue weighted by Crippen LogP contribution is 2.27. The average molecular weight is 461 g/mol. The van der Waals surface area contributed by atoms with Gasteiger partial charge in [-0.3, -0.25) is 0 Å². The lowest BCUT2D eigenvalue weighted by atomic mass is 9.90. The molecular weight excluding hydrogens is 428 g/mol. The molecule has 0 aliphatic carbocycles. The fraction of sp³-hybridized carbons (Fsp3) is 0.423. The van der Waals surface area contributed by atoms with Crippen LogP contribution in [0.25, 0.3) is 0 Å². The standard InChI is InChI=1S/C26H32N6O2/c1-33-23-9-7-22(8-10-23)27-24-28-25(30-26(29-24)32-15-17-34-18-16-32)31-13-11-21(12-14-31)19-20-5-3-2-4-6-20/h2-10,21H,11-19H2,1H3,(H,27,28,29,30). The summed E-state index contributed by atoms with van der Waals surface area (Å²) in [6, 6.07) is 18.6. The monoisotopic (exact) mass is 460 g/mol. The van der Waals surface area contributed by atoms with Crippen molar-refractivity contribution in [2.75, 3.05) is 61.6 Å². The number of aromatic nitrogens is 3. The maximum atomic E-state index is 5.53. The summed E-state index contributed by atoms with van der Waals surface area (Å²) in [4.78, 5) is 18.9. The minimum Gasteiger partial charge on any atom is -0.497 e. The van der Waals surface area contributed by atoms with E-state index in [1.165, 1.54) is 5.56 Å². The van der Waals surface area contributed by atoms with Gasteiger partial charge in [0.15, 0.2) is 0 Å². The van der Waals surface area contributed by atoms with Gasteiger partial charge in [-0.25, -0.2) is 0 Å². The number of ether oxygens (including phenoxy) is 2. The van der Waals surface area contributed by atoms with Gasteiger partial charge in [-0.1, -0.05) is 30.3 Å². The van der Waals surface area contributed by atoms with Crippen LogP contribution >= 0.6 is 0 Å². The molecule has 1 aromatic heterocycles. The van der Waals surface area contributed by atoms with Crippen molar-refractivity contribution in [3.8, 4) is 5.75 Å². The van der Waals surface area contributed by atoms with E-state index in [1.54, 1.807) is 7.11 Å². The number of morpholine rings is 1. The molecule has 0 saturated carbocycles. The Bertz CT molecular complexity index is 1050. The maximum Gasteiger partial charge on any atom is 0.233 e. The van der Waals surface area contributed by atoms with Gasteiger partial charge in [0, 0.05) is 31.9 Å². The second-order valence-corrected chi connectivity index (χ2v) is 8.83. The minimum absolute atomic E-state index is 0.558. The Morgan fingerprint density at radius 1 is 0.853 bits per heavy atom. The van der Waals surface area contributed by atoms with Crippen LogP contribution in [-0.2, 0) is 11.2 Å². The topological polar surface area (TPSA) is 75.6 Å². The van der Waals surface area contributed by atoms with Gasteiger partial charge in [0.1, 0.15) is 5.75 Å². The Balaban J connectivity index is 1.32. The van der Waals surface area contributed by atoms with E-state index in [-0.39, 0.29) is 0 Å². The van der Waals surface area contributed by atoms with E-state index in [0.29, 0.717) is 31.0 Å². The molecule has 0 radical (unpaired) electrons. The number of nitrogens with one attached hydrogen (secondary N) is 1. The van der Waals surface area contributed by atoms with E-state index in [0.717, 1.165) is 62.8 Å². The number of hydrogen-bond donors (Lipinski definition) is 1. The van der Waals surface area contributed by atoms with Gasteiger partial charge in [0.2, 0.25) is 17.8 Å². The van der Waals surface area contributed by atoms with Crippen molar-refractivity contribution in [3.05, 3.63) is 60.2 Å². The summed E-state index contributed by atoms with van der Waals surface area (Å²) in [5.41, 5.74) is 2.33. The Morgan fingerprint density at radius 3 is 2.15 bits per heavy atom. The van der Waals surface area contributed by atoms with Gasteiger partial charge in [-0.15, -0.1) is 0 Å². The van der Waals surface area contributed by atoms with Crippen molar-refractivity contribution >= 4 is 23.5 Å². The molecule has 5 rings (SSSR count). The number of piperidine rings is 1. The Hall–Kier alpha value is -3.39. The minimum atomic E-state index is 0.558. The van der Waals surface area contributed by atoms with E-state index >= 15 is 0 Å². The predicted molar refractivity (Wildman–Crippen MR) is 134 cm³/mol. The van der Waals surface area contributed by atoms with E-state index in [1.807, 2.05) is 24.3 Å². The van der Waals surface area contributed by atoms with Crippen LogP contribution in [0.15, 0.2) is 54.6 Å². The second kappa shape index (κ2) is 10.7. The molecule has 0 bridgehead atoms. The van der Waals surface area contributed by atoms with E-state index in [9.17, 15) is 0 Å². The number of rotatable bonds is 7. The Labute approximate surface area is 201 Å². The third-order valence-electron chi connectivity index (χ3n) is 6.52. The van der Waals surface area contributed by atoms with Crippen molar-refractivity contribution < 1.29 is 9.47 Å². The van der Waals surface area contributed by atoms with Crippen molar-refractivity contribution in [2.24, 2.45) is 5.92 Å². The summed E-state index contributed by atoms with van der Waals surface area (Å²) < 4.78 is 10.8. The number of benzene rings is 2. The van der Waals surface area contributed by atoms with Crippen LogP contribution in [0.1, 0.15) is 18.4 Å². The highest BCUT2D eigenvalue weighted by atomic mass is 16.5. The molecule has 3 heterocycles. The van der Waals surface area contributed by atoms with Crippen LogP contribution in [0.4, 0.5) is 23.5 Å². The van der Waals surface area contributed by atoms with Gasteiger partial charge in [-0.05, 0) is 55.0 Å². The van der Waals surface area contributed by atoms with Gasteiger partial charge >= 0.3 is 0 Å². The number of nitrogens with zero attached hydrogens (tertiary/aromatic N) is 5. The van der Waals surface area contributed by atoms with Crippen LogP contribution in [-0.4, -0.2) is 61.5 Å². The first kappa shape index (κ1) is 22.4. The largest absolute Gasteiger partial charge is 0.497 e. The van der Waals surface area contributed by atoms with Crippen molar-refractivity contribution in [3.63, 3.8) is 0 Å². The first-order valence-electron chi connectivity index (χ1n) is 12.1. The molecule has 0 atom stereocenters. The molecule has 34 heavy (non-hydrogen) atoms. The molecule has 2 fully saturated rings. The number of methoxy groups -OCH3 is 1. The summed E-state index contributed by atoms with van der Waals surface area (Å²) >= 11 is 0. The van der Waals surface area contributed by atoms with Crippen LogP contribution in [0.5, 0.6) is 5.75 Å². The summed E-state index contributed by atoms with van der Waals surface area (Å²) in [6.07, 6.45) is 3.40. The first-order valence-corrected chi connectivity index (χ1v) is 12.1. The zero-order valence-electron chi connectivity index (χ0n) is 19.7. The van der Waals surface area contributed by atoms with E-state index < -0.39 is 0 Å². The molecular formula is C26H32N6O2. The normalized spacial score (nSPS) is 17.0. The fourth-order valence-corrected chi connectivity index (χ4v) is 4.54. The lowest BCUT2D eigenvalue weighted by Crippen LogP contribution is -2.39. The third-order valence-corrected chi connectivity index (χ3v) is 6.52. The van der Waals surface area contributed by atoms with E-state index in [2.05, 4.69) is 45.4 Å². The Kier molecular flexibility index (Phi) is 7.05. The molecule has 2 saturated heterocycles. The zero-order valence-corrected chi connectivity index (χ0v) is 19.7. The van der Waals surface area contributed by atoms with E-state index in [4.69, 9.17) is 24.4 Å². The molecule has 0 unspecified atom stereocenters. The molecule has 3 aromatic rings. The highest BCUT2D eigenvalue weighted by molar-refractivity contribution is 5.57. The highest BCUT2D eigenvalue weighted by Gasteiger charge is 2.24. The van der Waals surface area contributed by atoms with Gasteiger partial charge < -0.3 is 24.6 Å². The average Bonchev–Trinajstić information content (AvgIpc) is 2.90. The predicted octanol–water partition coefficient (Wildman–Crippen LogP) is 3.92. The first-order chi connectivity index (χ1) is 16.8. The Morgan fingerprint density at radius 2 is 1.50 bits per heavy atom. The lowest BCUT2D eigenvalue weighted by molar-refractivity contribution is 0.122. The number of anilines is 4. The van der Waals surface area contributed by atoms with Crippen LogP contribution in [0.3, 0.4) is 0 Å². The van der Waals surface area contributed by atoms with Crippen LogP contribution in [0, 0.1) is 5.92 Å². The fourth-order valence-electron chi connectivity index (χ4n) is 4.54. The quantitative estimate of drug-likeness (QED) is 0.569. The van der Waals surface area contributed by atoms with Crippen LogP contribution < -0.4 is 19.9 Å². The van der Waals surface area contributed by atoms with Gasteiger partial charge in [0.25, 0.3) is 0 Å². The molecule has 2 aromatic carbocycles. The van der Waals surface area contributed by atoms with Crippen molar-refractivity contribution in [1.29, 1.82) is 0 Å². The third kappa shape index (κ3) is 5.56. The van der Waals surface area contributed by atoms with Gasteiger partial charge in [0.05, 0.1) is 20.3 Å². The molecule has 2 aliphatic rings. The summed E-state index contributed by atoms with van der Waals surface area (Å²) in [5, 5.41) is 3.35. The molecule has 8 nitrogen and oxygen atoms in total.